The molecule has 0 radical (unpaired) electrons. The number of rotatable bonds is 10. The maximum absolute atomic E-state index is 3.67. The van der Waals surface area contributed by atoms with Crippen molar-refractivity contribution in [2.75, 3.05) is 18.6 Å². The summed E-state index contributed by atoms with van der Waals surface area (Å²) in [4.78, 5) is 0. The molecule has 1 aromatic carbocycles. The van der Waals surface area contributed by atoms with Gasteiger partial charge in [0.15, 0.2) is 0 Å². The van der Waals surface area contributed by atoms with E-state index >= 15 is 0 Å². The van der Waals surface area contributed by atoms with Gasteiger partial charge in [-0.3, -0.25) is 0 Å². The SMILES string of the molecule is CCC(NCCCCCCSC)c1ccccc1. The van der Waals surface area contributed by atoms with E-state index < -0.39 is 0 Å². The Morgan fingerprint density at radius 1 is 1.06 bits per heavy atom. The van der Waals surface area contributed by atoms with Crippen LogP contribution in [0.3, 0.4) is 0 Å². The third-order valence-electron chi connectivity index (χ3n) is 3.28. The molecule has 0 spiro atoms. The quantitative estimate of drug-likeness (QED) is 0.618. The Bertz CT molecular complexity index is 286. The van der Waals surface area contributed by atoms with Gasteiger partial charge in [0.25, 0.3) is 0 Å². The Morgan fingerprint density at radius 3 is 2.44 bits per heavy atom. The van der Waals surface area contributed by atoms with Crippen molar-refractivity contribution in [2.45, 2.75) is 45.1 Å². The fourth-order valence-corrected chi connectivity index (χ4v) is 2.68. The maximum Gasteiger partial charge on any atom is 0.0317 e. The Hall–Kier alpha value is -0.470. The molecule has 0 aliphatic heterocycles. The van der Waals surface area contributed by atoms with E-state index in [0.717, 1.165) is 13.0 Å². The first-order valence-electron chi connectivity index (χ1n) is 7.15. The van der Waals surface area contributed by atoms with E-state index in [1.165, 1.54) is 37.0 Å². The molecule has 0 bridgehead atoms. The molecule has 1 atom stereocenters. The maximum atomic E-state index is 3.67. The fourth-order valence-electron chi connectivity index (χ4n) is 2.18. The summed E-state index contributed by atoms with van der Waals surface area (Å²) in [6.45, 7) is 3.40. The Morgan fingerprint density at radius 2 is 1.78 bits per heavy atom. The summed E-state index contributed by atoms with van der Waals surface area (Å²) in [6, 6.07) is 11.3. The van der Waals surface area contributed by atoms with E-state index in [1.807, 2.05) is 11.8 Å². The third kappa shape index (κ3) is 6.46. The molecule has 2 heteroatoms. The molecule has 0 aliphatic carbocycles. The summed E-state index contributed by atoms with van der Waals surface area (Å²) in [7, 11) is 0. The van der Waals surface area contributed by atoms with Crippen LogP contribution in [0.15, 0.2) is 30.3 Å². The number of benzene rings is 1. The first kappa shape index (κ1) is 15.6. The molecule has 0 saturated carbocycles. The van der Waals surface area contributed by atoms with Gasteiger partial charge in [-0.05, 0) is 43.4 Å². The van der Waals surface area contributed by atoms with Crippen LogP contribution in [-0.2, 0) is 0 Å². The molecule has 1 nitrogen and oxygen atoms in total. The molecule has 0 amide bonds. The number of unbranched alkanes of at least 4 members (excludes halogenated alkanes) is 3. The molecule has 1 N–H and O–H groups in total. The molecular formula is C16H27NS. The lowest BCUT2D eigenvalue weighted by Gasteiger charge is -2.17. The van der Waals surface area contributed by atoms with Gasteiger partial charge in [0.05, 0.1) is 0 Å². The Kier molecular flexibility index (Phi) is 9.05. The topological polar surface area (TPSA) is 12.0 Å². The van der Waals surface area contributed by atoms with Crippen LogP contribution in [0.4, 0.5) is 0 Å². The van der Waals surface area contributed by atoms with Crippen LogP contribution in [0.1, 0.15) is 50.6 Å². The van der Waals surface area contributed by atoms with Crippen LogP contribution < -0.4 is 5.32 Å². The van der Waals surface area contributed by atoms with Gasteiger partial charge in [-0.25, -0.2) is 0 Å². The van der Waals surface area contributed by atoms with Crippen LogP contribution in [0.5, 0.6) is 0 Å². The van der Waals surface area contributed by atoms with Crippen molar-refractivity contribution in [3.8, 4) is 0 Å². The van der Waals surface area contributed by atoms with E-state index in [0.29, 0.717) is 6.04 Å². The predicted molar refractivity (Wildman–Crippen MR) is 84.3 cm³/mol. The second kappa shape index (κ2) is 10.5. The van der Waals surface area contributed by atoms with E-state index in [2.05, 4.69) is 48.8 Å². The Labute approximate surface area is 117 Å². The number of thioether (sulfide) groups is 1. The second-order valence-corrected chi connectivity index (χ2v) is 5.72. The lowest BCUT2D eigenvalue weighted by atomic mass is 10.0. The van der Waals surface area contributed by atoms with Crippen LogP contribution in [0.25, 0.3) is 0 Å². The zero-order valence-electron chi connectivity index (χ0n) is 11.8. The largest absolute Gasteiger partial charge is 0.310 e. The zero-order valence-corrected chi connectivity index (χ0v) is 12.6. The van der Waals surface area contributed by atoms with Gasteiger partial charge < -0.3 is 5.32 Å². The van der Waals surface area contributed by atoms with Crippen molar-refractivity contribution >= 4 is 11.8 Å². The number of hydrogen-bond donors (Lipinski definition) is 1. The van der Waals surface area contributed by atoms with Crippen molar-refractivity contribution in [1.82, 2.24) is 5.32 Å². The highest BCUT2D eigenvalue weighted by molar-refractivity contribution is 7.98. The van der Waals surface area contributed by atoms with E-state index in [9.17, 15) is 0 Å². The highest BCUT2D eigenvalue weighted by Crippen LogP contribution is 2.15. The first-order chi connectivity index (χ1) is 8.88. The summed E-state index contributed by atoms with van der Waals surface area (Å²) >= 11 is 1.96. The average molecular weight is 265 g/mol. The lowest BCUT2D eigenvalue weighted by molar-refractivity contribution is 0.498. The second-order valence-electron chi connectivity index (χ2n) is 4.73. The van der Waals surface area contributed by atoms with Gasteiger partial charge in [0, 0.05) is 6.04 Å². The van der Waals surface area contributed by atoms with Gasteiger partial charge in [-0.15, -0.1) is 0 Å². The van der Waals surface area contributed by atoms with Gasteiger partial charge in [-0.1, -0.05) is 50.1 Å². The van der Waals surface area contributed by atoms with Crippen LogP contribution >= 0.6 is 11.8 Å². The highest BCUT2D eigenvalue weighted by atomic mass is 32.2. The average Bonchev–Trinajstić information content (AvgIpc) is 2.43. The summed E-state index contributed by atoms with van der Waals surface area (Å²) in [5, 5.41) is 3.67. The van der Waals surface area contributed by atoms with Crippen LogP contribution in [-0.4, -0.2) is 18.6 Å². The van der Waals surface area contributed by atoms with E-state index in [-0.39, 0.29) is 0 Å². The molecule has 0 aliphatic rings. The molecule has 0 aromatic heterocycles. The molecule has 1 unspecified atom stereocenters. The predicted octanol–water partition coefficient (Wildman–Crippen LogP) is 4.65. The molecule has 102 valence electrons. The monoisotopic (exact) mass is 265 g/mol. The highest BCUT2D eigenvalue weighted by Gasteiger charge is 2.06. The van der Waals surface area contributed by atoms with Crippen molar-refractivity contribution < 1.29 is 0 Å². The minimum atomic E-state index is 0.525. The molecule has 0 fully saturated rings. The van der Waals surface area contributed by atoms with Crippen LogP contribution in [0.2, 0.25) is 0 Å². The van der Waals surface area contributed by atoms with Crippen molar-refractivity contribution in [2.24, 2.45) is 0 Å². The van der Waals surface area contributed by atoms with Crippen molar-refractivity contribution in [3.05, 3.63) is 35.9 Å². The first-order valence-corrected chi connectivity index (χ1v) is 8.55. The molecule has 18 heavy (non-hydrogen) atoms. The van der Waals surface area contributed by atoms with Crippen molar-refractivity contribution in [3.63, 3.8) is 0 Å². The summed E-state index contributed by atoms with van der Waals surface area (Å²) in [6.07, 6.45) is 8.77. The van der Waals surface area contributed by atoms with Gasteiger partial charge in [0.1, 0.15) is 0 Å². The number of nitrogens with one attached hydrogen (secondary N) is 1. The minimum Gasteiger partial charge on any atom is -0.310 e. The summed E-state index contributed by atoms with van der Waals surface area (Å²) in [5.41, 5.74) is 1.42. The molecule has 1 aromatic rings. The zero-order chi connectivity index (χ0) is 13.1. The smallest absolute Gasteiger partial charge is 0.0317 e. The van der Waals surface area contributed by atoms with Crippen molar-refractivity contribution in [1.29, 1.82) is 0 Å². The normalized spacial score (nSPS) is 12.6. The van der Waals surface area contributed by atoms with Gasteiger partial charge in [-0.2, -0.15) is 11.8 Å². The van der Waals surface area contributed by atoms with Crippen LogP contribution in [0, 0.1) is 0 Å². The third-order valence-corrected chi connectivity index (χ3v) is 3.97. The molecule has 1 rings (SSSR count). The Balaban J connectivity index is 2.13. The number of hydrogen-bond acceptors (Lipinski definition) is 2. The fraction of sp³-hybridized carbons (Fsp3) is 0.625. The molecule has 0 heterocycles. The van der Waals surface area contributed by atoms with E-state index in [1.54, 1.807) is 0 Å². The minimum absolute atomic E-state index is 0.525. The van der Waals surface area contributed by atoms with E-state index in [4.69, 9.17) is 0 Å². The van der Waals surface area contributed by atoms with Gasteiger partial charge >= 0.3 is 0 Å². The van der Waals surface area contributed by atoms with Gasteiger partial charge in [0.2, 0.25) is 0 Å². The molecular weight excluding hydrogens is 238 g/mol. The molecule has 0 saturated heterocycles. The lowest BCUT2D eigenvalue weighted by Crippen LogP contribution is -2.21. The summed E-state index contributed by atoms with van der Waals surface area (Å²) in [5.74, 6) is 1.31. The standard InChI is InChI=1S/C16H27NS/c1-3-16(15-11-7-6-8-12-15)17-13-9-4-5-10-14-18-2/h6-8,11-12,16-17H,3-5,9-10,13-14H2,1-2H3. The summed E-state index contributed by atoms with van der Waals surface area (Å²) < 4.78 is 0.